The predicted octanol–water partition coefficient (Wildman–Crippen LogP) is 4.93. The smallest absolute Gasteiger partial charge is 0.156 e. The minimum Gasteiger partial charge on any atom is -0.392 e. The van der Waals surface area contributed by atoms with Crippen LogP contribution in [0.4, 0.5) is 5.69 Å². The zero-order chi connectivity index (χ0) is 23.4. The summed E-state index contributed by atoms with van der Waals surface area (Å²) in [4.78, 5) is 14.3. The molecule has 0 aromatic heterocycles. The van der Waals surface area contributed by atoms with Crippen LogP contribution in [0.15, 0.2) is 59.2 Å². The highest BCUT2D eigenvalue weighted by Gasteiger charge is 2.61. The Hall–Kier alpha value is -2.17. The summed E-state index contributed by atoms with van der Waals surface area (Å²) < 4.78 is 0. The second kappa shape index (κ2) is 8.25. The molecule has 0 heterocycles. The number of fused-ring (bicyclic) bond motifs is 4. The maximum absolute atomic E-state index is 12.2. The maximum atomic E-state index is 12.2. The molecule has 5 rings (SSSR count). The van der Waals surface area contributed by atoms with Gasteiger partial charge in [-0.05, 0) is 85.3 Å². The van der Waals surface area contributed by atoms with E-state index in [-0.39, 0.29) is 23.7 Å². The van der Waals surface area contributed by atoms with Crippen LogP contribution in [0.25, 0.3) is 0 Å². The number of rotatable bonds is 4. The summed E-state index contributed by atoms with van der Waals surface area (Å²) in [6.45, 7) is 2.24. The van der Waals surface area contributed by atoms with Crippen molar-refractivity contribution in [3.8, 4) is 0 Å². The van der Waals surface area contributed by atoms with Crippen molar-refractivity contribution in [3.05, 3.63) is 64.8 Å². The van der Waals surface area contributed by atoms with Crippen LogP contribution >= 0.6 is 0 Å². The molecule has 2 saturated carbocycles. The van der Waals surface area contributed by atoms with Crippen molar-refractivity contribution in [1.29, 1.82) is 0 Å². The van der Waals surface area contributed by atoms with Crippen LogP contribution in [0.3, 0.4) is 0 Å². The van der Waals surface area contributed by atoms with E-state index >= 15 is 0 Å². The van der Waals surface area contributed by atoms with Crippen molar-refractivity contribution < 1.29 is 15.0 Å². The molecule has 2 N–H and O–H groups in total. The summed E-state index contributed by atoms with van der Waals surface area (Å²) in [6, 6.07) is 8.91. The van der Waals surface area contributed by atoms with Gasteiger partial charge in [0.25, 0.3) is 0 Å². The van der Waals surface area contributed by atoms with Crippen LogP contribution in [-0.2, 0) is 4.79 Å². The lowest BCUT2D eigenvalue weighted by molar-refractivity contribution is -0.114. The predicted molar refractivity (Wildman–Crippen MR) is 132 cm³/mol. The van der Waals surface area contributed by atoms with Crippen molar-refractivity contribution in [2.24, 2.45) is 17.3 Å². The van der Waals surface area contributed by atoms with Gasteiger partial charge in [0, 0.05) is 37.5 Å². The average Bonchev–Trinajstić information content (AvgIpc) is 3.07. The van der Waals surface area contributed by atoms with Crippen molar-refractivity contribution in [2.75, 3.05) is 25.6 Å². The highest BCUT2D eigenvalue weighted by Crippen LogP contribution is 2.67. The van der Waals surface area contributed by atoms with E-state index in [2.05, 4.69) is 50.2 Å². The van der Waals surface area contributed by atoms with Crippen LogP contribution in [-0.4, -0.2) is 42.3 Å². The van der Waals surface area contributed by atoms with Crippen LogP contribution in [0.5, 0.6) is 0 Å². The van der Waals surface area contributed by atoms with Gasteiger partial charge >= 0.3 is 0 Å². The molecule has 0 unspecified atom stereocenters. The Balaban J connectivity index is 1.65. The molecule has 4 heteroatoms. The van der Waals surface area contributed by atoms with E-state index in [1.54, 1.807) is 11.6 Å². The van der Waals surface area contributed by atoms with Gasteiger partial charge < -0.3 is 15.1 Å². The number of allylic oxidation sites excluding steroid dienone is 4. The standard InChI is InChI=1S/C29H37NO3/c1-28-18-25(19-5-8-21(9-6-19)30(2)3)27-23-12-10-22(32)17-20(23)7-11-24(27)26(28)13-15-29(28,33)14-4-16-31/h4-6,8-9,14,17,24-26,31,33H,7,10-13,15-16,18H2,1-3H3/b14-4-/t24-,25+,26-,28-,29-/m0/s1. The Labute approximate surface area is 197 Å². The molecule has 1 aromatic carbocycles. The first kappa shape index (κ1) is 22.6. The Morgan fingerprint density at radius 2 is 1.88 bits per heavy atom. The van der Waals surface area contributed by atoms with Crippen LogP contribution in [0.1, 0.15) is 63.4 Å². The van der Waals surface area contributed by atoms with E-state index in [4.69, 9.17) is 0 Å². The fourth-order valence-corrected chi connectivity index (χ4v) is 7.52. The number of benzene rings is 1. The van der Waals surface area contributed by atoms with Gasteiger partial charge in [-0.1, -0.05) is 36.8 Å². The molecule has 176 valence electrons. The fraction of sp³-hybridized carbons (Fsp3) is 0.552. The molecule has 0 spiro atoms. The first-order chi connectivity index (χ1) is 15.8. The fourth-order valence-electron chi connectivity index (χ4n) is 7.52. The van der Waals surface area contributed by atoms with Gasteiger partial charge in [-0.25, -0.2) is 0 Å². The Morgan fingerprint density at radius 3 is 2.58 bits per heavy atom. The molecular weight excluding hydrogens is 410 g/mol. The second-order valence-electron chi connectivity index (χ2n) is 11.0. The molecule has 0 saturated heterocycles. The lowest BCUT2D eigenvalue weighted by Gasteiger charge is -2.54. The van der Waals surface area contributed by atoms with Gasteiger partial charge in [-0.3, -0.25) is 4.79 Å². The summed E-state index contributed by atoms with van der Waals surface area (Å²) in [5.74, 6) is 1.38. The topological polar surface area (TPSA) is 60.8 Å². The van der Waals surface area contributed by atoms with E-state index in [1.165, 1.54) is 22.4 Å². The van der Waals surface area contributed by atoms with Crippen molar-refractivity contribution >= 4 is 11.5 Å². The summed E-state index contributed by atoms with van der Waals surface area (Å²) in [5, 5.41) is 21.3. The number of carbonyl (C=O) groups is 1. The molecule has 0 radical (unpaired) electrons. The maximum Gasteiger partial charge on any atom is 0.156 e. The SMILES string of the molecule is CN(C)c1ccc([C@H]2C[C@@]3(C)[C@@H](CC[C@@]3(O)/C=C\CO)[C@@H]3CCC4=CC(=O)CCC4=C32)cc1. The third kappa shape index (κ3) is 3.54. The molecule has 1 aromatic rings. The summed E-state index contributed by atoms with van der Waals surface area (Å²) in [7, 11) is 4.12. The molecule has 4 aliphatic carbocycles. The van der Waals surface area contributed by atoms with Gasteiger partial charge in [-0.15, -0.1) is 0 Å². The van der Waals surface area contributed by atoms with Gasteiger partial charge in [-0.2, -0.15) is 0 Å². The number of ketones is 1. The van der Waals surface area contributed by atoms with Gasteiger partial charge in [0.05, 0.1) is 12.2 Å². The Bertz CT molecular complexity index is 1030. The quantitative estimate of drug-likeness (QED) is 0.643. The monoisotopic (exact) mass is 447 g/mol. The normalized spacial score (nSPS) is 35.8. The number of carbonyl (C=O) groups excluding carboxylic acids is 1. The first-order valence-corrected chi connectivity index (χ1v) is 12.5. The number of anilines is 1. The molecule has 0 aliphatic heterocycles. The molecule has 0 bridgehead atoms. The second-order valence-corrected chi connectivity index (χ2v) is 11.0. The van der Waals surface area contributed by atoms with Gasteiger partial charge in [0.15, 0.2) is 5.78 Å². The van der Waals surface area contributed by atoms with E-state index in [1.807, 2.05) is 12.2 Å². The third-order valence-corrected chi connectivity index (χ3v) is 9.26. The van der Waals surface area contributed by atoms with E-state index in [0.29, 0.717) is 18.3 Å². The van der Waals surface area contributed by atoms with Crippen molar-refractivity contribution in [1.82, 2.24) is 0 Å². The molecule has 2 fully saturated rings. The van der Waals surface area contributed by atoms with Crippen molar-refractivity contribution in [3.63, 3.8) is 0 Å². The van der Waals surface area contributed by atoms with Crippen LogP contribution in [0.2, 0.25) is 0 Å². The summed E-state index contributed by atoms with van der Waals surface area (Å²) >= 11 is 0. The lowest BCUT2D eigenvalue weighted by Crippen LogP contribution is -2.50. The molecule has 4 nitrogen and oxygen atoms in total. The Morgan fingerprint density at radius 1 is 1.12 bits per heavy atom. The molecule has 33 heavy (non-hydrogen) atoms. The average molecular weight is 448 g/mol. The number of aliphatic hydroxyl groups is 2. The number of aliphatic hydroxyl groups excluding tert-OH is 1. The molecule has 0 amide bonds. The zero-order valence-corrected chi connectivity index (χ0v) is 20.2. The molecule has 4 aliphatic rings. The van der Waals surface area contributed by atoms with Gasteiger partial charge in [0.2, 0.25) is 0 Å². The number of nitrogens with zero attached hydrogens (tertiary/aromatic N) is 1. The minimum atomic E-state index is -0.892. The minimum absolute atomic E-state index is 0.0423. The van der Waals surface area contributed by atoms with E-state index in [0.717, 1.165) is 38.5 Å². The van der Waals surface area contributed by atoms with E-state index in [9.17, 15) is 15.0 Å². The third-order valence-electron chi connectivity index (χ3n) is 9.26. The first-order valence-electron chi connectivity index (χ1n) is 12.5. The van der Waals surface area contributed by atoms with Crippen LogP contribution in [0, 0.1) is 17.3 Å². The zero-order valence-electron chi connectivity index (χ0n) is 20.2. The number of hydrogen-bond acceptors (Lipinski definition) is 4. The lowest BCUT2D eigenvalue weighted by atomic mass is 9.51. The summed E-state index contributed by atoms with van der Waals surface area (Å²) in [5.41, 5.74) is 5.62. The van der Waals surface area contributed by atoms with Crippen LogP contribution < -0.4 is 4.90 Å². The highest BCUT2D eigenvalue weighted by molar-refractivity contribution is 5.93. The molecule has 5 atom stereocenters. The summed E-state index contributed by atoms with van der Waals surface area (Å²) in [6.07, 6.45) is 11.7. The molecular formula is C29H37NO3. The largest absolute Gasteiger partial charge is 0.392 e. The number of hydrogen-bond donors (Lipinski definition) is 2. The van der Waals surface area contributed by atoms with Crippen molar-refractivity contribution in [2.45, 2.75) is 63.4 Å². The van der Waals surface area contributed by atoms with Gasteiger partial charge in [0.1, 0.15) is 0 Å². The Kier molecular flexibility index (Phi) is 5.65. The van der Waals surface area contributed by atoms with E-state index < -0.39 is 5.60 Å². The highest BCUT2D eigenvalue weighted by atomic mass is 16.3.